The Morgan fingerprint density at radius 3 is 3.00 bits per heavy atom. The van der Waals surface area contributed by atoms with Crippen LogP contribution in [-0.4, -0.2) is 44.8 Å². The molecule has 1 atom stereocenters. The van der Waals surface area contributed by atoms with Gasteiger partial charge in [0.15, 0.2) is 0 Å². The number of nitrogens with zero attached hydrogens (tertiary/aromatic N) is 1. The number of methoxy groups -OCH3 is 1. The standard InChI is InChI=1S/C15H24N2O2/c1-18-11-13-9-17(10-14-3-2-8-19-14)12-15(13)4-6-16-7-5-15/h2-3,8,13,16H,4-7,9-12H2,1H3/t13-/m1/s1. The van der Waals surface area contributed by atoms with Gasteiger partial charge in [-0.25, -0.2) is 0 Å². The van der Waals surface area contributed by atoms with E-state index in [4.69, 9.17) is 9.15 Å². The zero-order chi connectivity index (χ0) is 13.1. The van der Waals surface area contributed by atoms with Crippen molar-refractivity contribution in [2.75, 3.05) is 39.9 Å². The molecule has 106 valence electrons. The van der Waals surface area contributed by atoms with Gasteiger partial charge in [0.25, 0.3) is 0 Å². The third-order valence-electron chi connectivity index (χ3n) is 4.81. The monoisotopic (exact) mass is 264 g/mol. The summed E-state index contributed by atoms with van der Waals surface area (Å²) in [5.41, 5.74) is 0.452. The van der Waals surface area contributed by atoms with Crippen LogP contribution in [0.2, 0.25) is 0 Å². The predicted octanol–water partition coefficient (Wildman–Crippen LogP) is 1.73. The molecule has 0 bridgehead atoms. The maximum atomic E-state index is 5.48. The van der Waals surface area contributed by atoms with Crippen molar-refractivity contribution in [2.45, 2.75) is 19.4 Å². The highest BCUT2D eigenvalue weighted by atomic mass is 16.5. The minimum absolute atomic E-state index is 0.452. The van der Waals surface area contributed by atoms with E-state index in [0.717, 1.165) is 38.5 Å². The smallest absolute Gasteiger partial charge is 0.117 e. The number of hydrogen-bond acceptors (Lipinski definition) is 4. The van der Waals surface area contributed by atoms with E-state index >= 15 is 0 Å². The molecule has 3 rings (SSSR count). The first-order valence-electron chi connectivity index (χ1n) is 7.27. The Hall–Kier alpha value is -0.840. The molecule has 0 saturated carbocycles. The van der Waals surface area contributed by atoms with Crippen LogP contribution in [0.3, 0.4) is 0 Å². The minimum atomic E-state index is 0.452. The lowest BCUT2D eigenvalue weighted by atomic mass is 9.71. The molecule has 1 aromatic rings. The molecule has 1 spiro atoms. The molecular formula is C15H24N2O2. The van der Waals surface area contributed by atoms with Gasteiger partial charge < -0.3 is 14.5 Å². The lowest BCUT2D eigenvalue weighted by Gasteiger charge is -2.38. The van der Waals surface area contributed by atoms with Gasteiger partial charge in [-0.15, -0.1) is 0 Å². The molecule has 1 aromatic heterocycles. The fraction of sp³-hybridized carbons (Fsp3) is 0.733. The number of ether oxygens (including phenoxy) is 1. The van der Waals surface area contributed by atoms with Crippen LogP contribution in [-0.2, 0) is 11.3 Å². The van der Waals surface area contributed by atoms with Crippen molar-refractivity contribution in [3.05, 3.63) is 24.2 Å². The van der Waals surface area contributed by atoms with Crippen LogP contribution in [0, 0.1) is 11.3 Å². The quantitative estimate of drug-likeness (QED) is 0.898. The Balaban J connectivity index is 1.69. The maximum absolute atomic E-state index is 5.48. The van der Waals surface area contributed by atoms with Crippen LogP contribution in [0.1, 0.15) is 18.6 Å². The topological polar surface area (TPSA) is 37.6 Å². The molecule has 2 fully saturated rings. The summed E-state index contributed by atoms with van der Waals surface area (Å²) in [6, 6.07) is 4.04. The van der Waals surface area contributed by atoms with Crippen LogP contribution in [0.5, 0.6) is 0 Å². The maximum Gasteiger partial charge on any atom is 0.117 e. The Kier molecular flexibility index (Phi) is 3.91. The van der Waals surface area contributed by atoms with Crippen molar-refractivity contribution in [1.82, 2.24) is 10.2 Å². The first-order chi connectivity index (χ1) is 9.32. The van der Waals surface area contributed by atoms with Gasteiger partial charge in [-0.05, 0) is 43.5 Å². The number of furan rings is 1. The van der Waals surface area contributed by atoms with Gasteiger partial charge in [-0.3, -0.25) is 4.90 Å². The van der Waals surface area contributed by atoms with E-state index < -0.39 is 0 Å². The Morgan fingerprint density at radius 2 is 2.32 bits per heavy atom. The number of piperidine rings is 1. The lowest BCUT2D eigenvalue weighted by molar-refractivity contribution is 0.0716. The first-order valence-corrected chi connectivity index (χ1v) is 7.27. The van der Waals surface area contributed by atoms with E-state index in [9.17, 15) is 0 Å². The molecule has 4 heteroatoms. The van der Waals surface area contributed by atoms with Crippen LogP contribution in [0.15, 0.2) is 22.8 Å². The Morgan fingerprint density at radius 1 is 1.47 bits per heavy atom. The second kappa shape index (κ2) is 5.65. The van der Waals surface area contributed by atoms with E-state index in [1.165, 1.54) is 19.4 Å². The summed E-state index contributed by atoms with van der Waals surface area (Å²) in [6.45, 7) is 6.43. The summed E-state index contributed by atoms with van der Waals surface area (Å²) in [6.07, 6.45) is 4.31. The van der Waals surface area contributed by atoms with Crippen LogP contribution in [0.25, 0.3) is 0 Å². The SMILES string of the molecule is COC[C@H]1CN(Cc2ccco2)CC12CCNCC2. The van der Waals surface area contributed by atoms with Gasteiger partial charge in [0.1, 0.15) is 5.76 Å². The van der Waals surface area contributed by atoms with Gasteiger partial charge in [-0.1, -0.05) is 0 Å². The zero-order valence-electron chi connectivity index (χ0n) is 11.7. The van der Waals surface area contributed by atoms with Crippen molar-refractivity contribution >= 4 is 0 Å². The van der Waals surface area contributed by atoms with Crippen LogP contribution in [0.4, 0.5) is 0 Å². The van der Waals surface area contributed by atoms with Gasteiger partial charge in [0.05, 0.1) is 19.4 Å². The molecule has 2 aliphatic heterocycles. The molecule has 2 saturated heterocycles. The average Bonchev–Trinajstić information content (AvgIpc) is 3.02. The van der Waals surface area contributed by atoms with Crippen LogP contribution >= 0.6 is 0 Å². The largest absolute Gasteiger partial charge is 0.468 e. The Labute approximate surface area is 115 Å². The molecule has 0 amide bonds. The van der Waals surface area contributed by atoms with Crippen LogP contribution < -0.4 is 5.32 Å². The molecule has 0 unspecified atom stereocenters. The second-order valence-electron chi connectivity index (χ2n) is 6.01. The van der Waals surface area contributed by atoms with Crippen molar-refractivity contribution < 1.29 is 9.15 Å². The van der Waals surface area contributed by atoms with E-state index in [-0.39, 0.29) is 0 Å². The summed E-state index contributed by atoms with van der Waals surface area (Å²) in [5, 5.41) is 3.48. The van der Waals surface area contributed by atoms with Gasteiger partial charge in [-0.2, -0.15) is 0 Å². The predicted molar refractivity (Wildman–Crippen MR) is 73.9 cm³/mol. The molecule has 2 aliphatic rings. The molecule has 0 aliphatic carbocycles. The van der Waals surface area contributed by atoms with Crippen molar-refractivity contribution in [1.29, 1.82) is 0 Å². The fourth-order valence-electron chi connectivity index (χ4n) is 3.81. The molecular weight excluding hydrogens is 240 g/mol. The Bertz CT molecular complexity index is 385. The minimum Gasteiger partial charge on any atom is -0.468 e. The average molecular weight is 264 g/mol. The number of likely N-dealkylation sites (tertiary alicyclic amines) is 1. The summed E-state index contributed by atoms with van der Waals surface area (Å²) in [4.78, 5) is 2.54. The van der Waals surface area contributed by atoms with Gasteiger partial charge in [0.2, 0.25) is 0 Å². The zero-order valence-corrected chi connectivity index (χ0v) is 11.7. The number of rotatable bonds is 4. The van der Waals surface area contributed by atoms with E-state index in [2.05, 4.69) is 16.3 Å². The molecule has 3 heterocycles. The normalized spacial score (nSPS) is 27.1. The highest BCUT2D eigenvalue weighted by Crippen LogP contribution is 2.43. The molecule has 0 aromatic carbocycles. The summed E-state index contributed by atoms with van der Waals surface area (Å²) in [7, 11) is 1.82. The van der Waals surface area contributed by atoms with Gasteiger partial charge >= 0.3 is 0 Å². The summed E-state index contributed by atoms with van der Waals surface area (Å²) < 4.78 is 10.9. The number of hydrogen-bond donors (Lipinski definition) is 1. The second-order valence-corrected chi connectivity index (χ2v) is 6.01. The number of nitrogens with one attached hydrogen (secondary N) is 1. The van der Waals surface area contributed by atoms with Gasteiger partial charge in [0, 0.05) is 26.1 Å². The van der Waals surface area contributed by atoms with Crippen molar-refractivity contribution in [2.24, 2.45) is 11.3 Å². The highest BCUT2D eigenvalue weighted by Gasteiger charge is 2.46. The lowest BCUT2D eigenvalue weighted by Crippen LogP contribution is -2.43. The van der Waals surface area contributed by atoms with E-state index in [1.54, 1.807) is 6.26 Å². The highest BCUT2D eigenvalue weighted by molar-refractivity contribution is 5.03. The third-order valence-corrected chi connectivity index (χ3v) is 4.81. The summed E-state index contributed by atoms with van der Waals surface area (Å²) in [5.74, 6) is 1.73. The molecule has 0 radical (unpaired) electrons. The van der Waals surface area contributed by atoms with E-state index in [0.29, 0.717) is 11.3 Å². The molecule has 4 nitrogen and oxygen atoms in total. The van der Waals surface area contributed by atoms with Crippen molar-refractivity contribution in [3.63, 3.8) is 0 Å². The van der Waals surface area contributed by atoms with Crippen molar-refractivity contribution in [3.8, 4) is 0 Å². The molecule has 19 heavy (non-hydrogen) atoms. The molecule has 1 N–H and O–H groups in total. The first kappa shape index (κ1) is 13.2. The third kappa shape index (κ3) is 2.71. The summed E-state index contributed by atoms with van der Waals surface area (Å²) >= 11 is 0. The fourth-order valence-corrected chi connectivity index (χ4v) is 3.81. The van der Waals surface area contributed by atoms with E-state index in [1.807, 2.05) is 13.2 Å².